The van der Waals surface area contributed by atoms with Gasteiger partial charge in [-0.3, -0.25) is 0 Å². The summed E-state index contributed by atoms with van der Waals surface area (Å²) in [6.45, 7) is 7.84. The van der Waals surface area contributed by atoms with Crippen molar-refractivity contribution in [2.75, 3.05) is 0 Å². The Morgan fingerprint density at radius 2 is 1.38 bits per heavy atom. The second-order valence-corrected chi connectivity index (χ2v) is 3.77. The number of aryl methyl sites for hydroxylation is 2. The van der Waals surface area contributed by atoms with Crippen LogP contribution < -0.4 is 0 Å². The van der Waals surface area contributed by atoms with Gasteiger partial charge < -0.3 is 0 Å². The first-order valence-corrected chi connectivity index (χ1v) is 5.43. The van der Waals surface area contributed by atoms with Gasteiger partial charge in [0.1, 0.15) is 0 Å². The first-order valence-electron chi connectivity index (χ1n) is 5.43. The van der Waals surface area contributed by atoms with Gasteiger partial charge in [0.15, 0.2) is 0 Å². The van der Waals surface area contributed by atoms with E-state index in [1.807, 2.05) is 36.4 Å². The van der Waals surface area contributed by atoms with Crippen molar-refractivity contribution in [3.05, 3.63) is 77.9 Å². The van der Waals surface area contributed by atoms with Crippen molar-refractivity contribution in [2.24, 2.45) is 0 Å². The van der Waals surface area contributed by atoms with Gasteiger partial charge in [-0.15, -0.1) is 0 Å². The quantitative estimate of drug-likeness (QED) is 0.643. The van der Waals surface area contributed by atoms with Crippen molar-refractivity contribution in [3.63, 3.8) is 0 Å². The maximum atomic E-state index is 3.63. The van der Waals surface area contributed by atoms with Crippen LogP contribution in [-0.2, 0) is 0 Å². The van der Waals surface area contributed by atoms with E-state index in [0.29, 0.717) is 0 Å². The Hall–Kier alpha value is -1.82. The van der Waals surface area contributed by atoms with E-state index < -0.39 is 0 Å². The zero-order valence-electron chi connectivity index (χ0n) is 9.98. The van der Waals surface area contributed by atoms with E-state index in [2.05, 4.69) is 44.7 Å². The Kier molecular flexibility index (Phi) is 5.07. The fraction of sp³-hybridized carbons (Fsp3) is 0.125. The van der Waals surface area contributed by atoms with Gasteiger partial charge in [0.25, 0.3) is 0 Å². The molecule has 0 bridgehead atoms. The highest BCUT2D eigenvalue weighted by molar-refractivity contribution is 5.45. The maximum Gasteiger partial charge on any atom is -0.0263 e. The molecule has 0 aliphatic rings. The van der Waals surface area contributed by atoms with Crippen LogP contribution in [0, 0.1) is 13.8 Å². The molecular weight excluding hydrogens is 192 g/mol. The van der Waals surface area contributed by atoms with Crippen molar-refractivity contribution < 1.29 is 0 Å². The maximum absolute atomic E-state index is 3.63. The number of benzene rings is 2. The van der Waals surface area contributed by atoms with Crippen LogP contribution in [0.2, 0.25) is 0 Å². The van der Waals surface area contributed by atoms with Crippen LogP contribution in [0.15, 0.2) is 61.2 Å². The largest absolute Gasteiger partial charge is 0.0985 e. The molecule has 2 aromatic rings. The van der Waals surface area contributed by atoms with Gasteiger partial charge >= 0.3 is 0 Å². The van der Waals surface area contributed by atoms with Crippen molar-refractivity contribution >= 4 is 6.08 Å². The molecule has 0 heteroatoms. The molecule has 82 valence electrons. The lowest BCUT2D eigenvalue weighted by Crippen LogP contribution is -1.71. The first kappa shape index (κ1) is 12.3. The fourth-order valence-electron chi connectivity index (χ4n) is 1.40. The van der Waals surface area contributed by atoms with Crippen LogP contribution in [0.25, 0.3) is 6.08 Å². The molecule has 0 fully saturated rings. The molecule has 0 nitrogen and oxygen atoms in total. The Morgan fingerprint density at radius 3 is 1.69 bits per heavy atom. The summed E-state index contributed by atoms with van der Waals surface area (Å²) in [4.78, 5) is 0. The van der Waals surface area contributed by atoms with Gasteiger partial charge in [-0.05, 0) is 19.4 Å². The molecule has 0 spiro atoms. The van der Waals surface area contributed by atoms with Crippen LogP contribution >= 0.6 is 0 Å². The molecule has 0 saturated carbocycles. The van der Waals surface area contributed by atoms with Crippen molar-refractivity contribution in [1.82, 2.24) is 0 Å². The average Bonchev–Trinajstić information content (AvgIpc) is 2.31. The third-order valence-electron chi connectivity index (χ3n) is 2.21. The molecule has 0 N–H and O–H groups in total. The number of hydrogen-bond acceptors (Lipinski definition) is 0. The molecule has 2 aromatic carbocycles. The molecular formula is C16H18. The van der Waals surface area contributed by atoms with Crippen LogP contribution in [0.4, 0.5) is 0 Å². The summed E-state index contributed by atoms with van der Waals surface area (Å²) < 4.78 is 0. The minimum atomic E-state index is 1.17. The summed E-state index contributed by atoms with van der Waals surface area (Å²) in [5, 5.41) is 0. The van der Waals surface area contributed by atoms with Gasteiger partial charge in [0.2, 0.25) is 0 Å². The van der Waals surface area contributed by atoms with E-state index in [9.17, 15) is 0 Å². The summed E-state index contributed by atoms with van der Waals surface area (Å²) in [5.41, 5.74) is 3.85. The molecule has 0 heterocycles. The van der Waals surface area contributed by atoms with Crippen molar-refractivity contribution in [2.45, 2.75) is 13.8 Å². The second-order valence-electron chi connectivity index (χ2n) is 3.77. The topological polar surface area (TPSA) is 0 Å². The Bertz CT molecular complexity index is 410. The lowest BCUT2D eigenvalue weighted by Gasteiger charge is -1.90. The average molecular weight is 210 g/mol. The van der Waals surface area contributed by atoms with E-state index in [-0.39, 0.29) is 0 Å². The predicted molar refractivity (Wildman–Crippen MR) is 72.4 cm³/mol. The highest BCUT2D eigenvalue weighted by atomic mass is 13.9. The highest BCUT2D eigenvalue weighted by Crippen LogP contribution is 2.00. The van der Waals surface area contributed by atoms with E-state index in [1.165, 1.54) is 16.7 Å². The van der Waals surface area contributed by atoms with Gasteiger partial charge in [0, 0.05) is 0 Å². The smallest absolute Gasteiger partial charge is 0.0263 e. The molecule has 16 heavy (non-hydrogen) atoms. The molecule has 2 rings (SSSR count). The molecule has 0 aromatic heterocycles. The van der Waals surface area contributed by atoms with Crippen molar-refractivity contribution in [3.8, 4) is 0 Å². The van der Waals surface area contributed by atoms with Crippen LogP contribution in [-0.4, -0.2) is 0 Å². The standard InChI is InChI=1S/C8H10.C8H8/c1-7-4-3-5-8(2)6-7;1-2-8-6-4-3-5-7-8/h3-6H,1-2H3;2-7H,1H2. The van der Waals surface area contributed by atoms with Gasteiger partial charge in [-0.1, -0.05) is 78.4 Å². The summed E-state index contributed by atoms with van der Waals surface area (Å²) >= 11 is 0. The SMILES string of the molecule is C=Cc1ccccc1.Cc1cccc(C)c1. The monoisotopic (exact) mass is 210 g/mol. The fourth-order valence-corrected chi connectivity index (χ4v) is 1.40. The Labute approximate surface area is 98.3 Å². The lowest BCUT2D eigenvalue weighted by molar-refractivity contribution is 1.39. The van der Waals surface area contributed by atoms with Gasteiger partial charge in [0.05, 0.1) is 0 Å². The normalized spacial score (nSPS) is 8.88. The Balaban J connectivity index is 0.000000160. The number of hydrogen-bond donors (Lipinski definition) is 0. The van der Waals surface area contributed by atoms with Crippen LogP contribution in [0.3, 0.4) is 0 Å². The Morgan fingerprint density at radius 1 is 0.812 bits per heavy atom. The summed E-state index contributed by atoms with van der Waals surface area (Å²) in [5.74, 6) is 0. The minimum Gasteiger partial charge on any atom is -0.0985 e. The van der Waals surface area contributed by atoms with Gasteiger partial charge in [-0.2, -0.15) is 0 Å². The first-order chi connectivity index (χ1) is 7.72. The van der Waals surface area contributed by atoms with Gasteiger partial charge in [-0.25, -0.2) is 0 Å². The van der Waals surface area contributed by atoms with E-state index >= 15 is 0 Å². The molecule has 0 saturated heterocycles. The lowest BCUT2D eigenvalue weighted by atomic mass is 10.2. The summed E-state index contributed by atoms with van der Waals surface area (Å²) in [6.07, 6.45) is 1.83. The summed E-state index contributed by atoms with van der Waals surface area (Å²) in [6, 6.07) is 18.5. The summed E-state index contributed by atoms with van der Waals surface area (Å²) in [7, 11) is 0. The highest BCUT2D eigenvalue weighted by Gasteiger charge is 1.80. The minimum absolute atomic E-state index is 1.17. The van der Waals surface area contributed by atoms with Crippen LogP contribution in [0.5, 0.6) is 0 Å². The zero-order chi connectivity index (χ0) is 11.8. The van der Waals surface area contributed by atoms with E-state index in [4.69, 9.17) is 0 Å². The van der Waals surface area contributed by atoms with Crippen LogP contribution in [0.1, 0.15) is 16.7 Å². The molecule has 0 radical (unpaired) electrons. The molecule has 0 unspecified atom stereocenters. The van der Waals surface area contributed by atoms with E-state index in [0.717, 1.165) is 0 Å². The third kappa shape index (κ3) is 4.61. The molecule has 0 amide bonds. The number of rotatable bonds is 1. The molecule has 0 aliphatic heterocycles. The third-order valence-corrected chi connectivity index (χ3v) is 2.21. The van der Waals surface area contributed by atoms with Crippen molar-refractivity contribution in [1.29, 1.82) is 0 Å². The predicted octanol–water partition coefficient (Wildman–Crippen LogP) is 4.63. The zero-order valence-corrected chi connectivity index (χ0v) is 9.98. The molecule has 0 atom stereocenters. The van der Waals surface area contributed by atoms with E-state index in [1.54, 1.807) is 0 Å². The second kappa shape index (κ2) is 6.62. The molecule has 0 aliphatic carbocycles.